The van der Waals surface area contributed by atoms with E-state index < -0.39 is 0 Å². The zero-order valence-corrected chi connectivity index (χ0v) is 8.69. The SMILES string of the molecule is O=C(Cc1cccnc1)C1CCCCO1. The Hall–Kier alpha value is -1.22. The van der Waals surface area contributed by atoms with Crippen molar-refractivity contribution in [1.82, 2.24) is 4.98 Å². The van der Waals surface area contributed by atoms with Gasteiger partial charge in [-0.15, -0.1) is 0 Å². The number of hydrogen-bond acceptors (Lipinski definition) is 3. The summed E-state index contributed by atoms with van der Waals surface area (Å²) in [6.07, 6.45) is 6.77. The lowest BCUT2D eigenvalue weighted by molar-refractivity contribution is -0.132. The molecule has 0 aliphatic carbocycles. The molecule has 2 heterocycles. The second kappa shape index (κ2) is 5.03. The molecule has 1 aliphatic rings. The normalized spacial score (nSPS) is 21.2. The standard InChI is InChI=1S/C12H15NO2/c14-11(12-5-1-2-7-15-12)8-10-4-3-6-13-9-10/h3-4,6,9,12H,1-2,5,7-8H2. The molecule has 0 aromatic carbocycles. The van der Waals surface area contributed by atoms with E-state index in [0.717, 1.165) is 31.4 Å². The van der Waals surface area contributed by atoms with Crippen LogP contribution in [0.1, 0.15) is 24.8 Å². The highest BCUT2D eigenvalue weighted by atomic mass is 16.5. The molecule has 0 bridgehead atoms. The van der Waals surface area contributed by atoms with E-state index in [1.807, 2.05) is 12.1 Å². The van der Waals surface area contributed by atoms with Gasteiger partial charge in [-0.25, -0.2) is 0 Å². The number of rotatable bonds is 3. The van der Waals surface area contributed by atoms with Gasteiger partial charge in [0.15, 0.2) is 5.78 Å². The molecule has 1 aromatic rings. The second-order valence-electron chi connectivity index (χ2n) is 3.86. The van der Waals surface area contributed by atoms with Crippen molar-refractivity contribution in [3.63, 3.8) is 0 Å². The third kappa shape index (κ3) is 2.86. The number of nitrogens with zero attached hydrogens (tertiary/aromatic N) is 1. The number of pyridine rings is 1. The fourth-order valence-corrected chi connectivity index (χ4v) is 1.81. The first-order valence-electron chi connectivity index (χ1n) is 5.39. The summed E-state index contributed by atoms with van der Waals surface area (Å²) in [5.74, 6) is 0.183. The molecule has 1 aromatic heterocycles. The Balaban J connectivity index is 1.91. The fourth-order valence-electron chi connectivity index (χ4n) is 1.81. The molecule has 1 unspecified atom stereocenters. The van der Waals surface area contributed by atoms with Gasteiger partial charge < -0.3 is 4.74 Å². The van der Waals surface area contributed by atoms with E-state index >= 15 is 0 Å². The molecule has 0 radical (unpaired) electrons. The summed E-state index contributed by atoms with van der Waals surface area (Å²) in [4.78, 5) is 15.8. The van der Waals surface area contributed by atoms with E-state index in [1.54, 1.807) is 12.4 Å². The summed E-state index contributed by atoms with van der Waals surface area (Å²) in [5, 5.41) is 0. The summed E-state index contributed by atoms with van der Waals surface area (Å²) in [7, 11) is 0. The van der Waals surface area contributed by atoms with Crippen molar-refractivity contribution in [3.8, 4) is 0 Å². The molecule has 1 atom stereocenters. The maximum atomic E-state index is 11.8. The fraction of sp³-hybridized carbons (Fsp3) is 0.500. The highest BCUT2D eigenvalue weighted by Crippen LogP contribution is 2.15. The number of carbonyl (C=O) groups is 1. The van der Waals surface area contributed by atoms with Crippen LogP contribution < -0.4 is 0 Å². The first-order chi connectivity index (χ1) is 7.36. The van der Waals surface area contributed by atoms with Crippen LogP contribution in [-0.2, 0) is 16.0 Å². The topological polar surface area (TPSA) is 39.2 Å². The van der Waals surface area contributed by atoms with Crippen LogP contribution in [0.4, 0.5) is 0 Å². The Morgan fingerprint density at radius 2 is 2.47 bits per heavy atom. The van der Waals surface area contributed by atoms with E-state index in [2.05, 4.69) is 4.98 Å². The summed E-state index contributed by atoms with van der Waals surface area (Å²) in [6.45, 7) is 0.726. The molecule has 0 spiro atoms. The monoisotopic (exact) mass is 205 g/mol. The molecule has 0 N–H and O–H groups in total. The molecule has 0 amide bonds. The van der Waals surface area contributed by atoms with Gasteiger partial charge in [0.25, 0.3) is 0 Å². The molecule has 0 saturated carbocycles. The van der Waals surface area contributed by atoms with Gasteiger partial charge in [-0.1, -0.05) is 6.07 Å². The maximum Gasteiger partial charge on any atom is 0.165 e. The molecule has 2 rings (SSSR count). The largest absolute Gasteiger partial charge is 0.370 e. The van der Waals surface area contributed by atoms with Crippen molar-refractivity contribution in [1.29, 1.82) is 0 Å². The lowest BCUT2D eigenvalue weighted by Gasteiger charge is -2.21. The quantitative estimate of drug-likeness (QED) is 0.754. The zero-order valence-electron chi connectivity index (χ0n) is 8.69. The van der Waals surface area contributed by atoms with Gasteiger partial charge in [0, 0.05) is 25.4 Å². The molecule has 3 heteroatoms. The highest BCUT2D eigenvalue weighted by molar-refractivity contribution is 5.85. The van der Waals surface area contributed by atoms with E-state index in [9.17, 15) is 4.79 Å². The Morgan fingerprint density at radius 1 is 1.53 bits per heavy atom. The van der Waals surface area contributed by atoms with Crippen molar-refractivity contribution in [2.75, 3.05) is 6.61 Å². The van der Waals surface area contributed by atoms with Gasteiger partial charge in [0.1, 0.15) is 6.10 Å². The number of aromatic nitrogens is 1. The van der Waals surface area contributed by atoms with Gasteiger partial charge in [0.05, 0.1) is 0 Å². The maximum absolute atomic E-state index is 11.8. The van der Waals surface area contributed by atoms with Gasteiger partial charge >= 0.3 is 0 Å². The number of ketones is 1. The van der Waals surface area contributed by atoms with Crippen LogP contribution in [0.3, 0.4) is 0 Å². The van der Waals surface area contributed by atoms with Crippen LogP contribution in [-0.4, -0.2) is 23.5 Å². The van der Waals surface area contributed by atoms with E-state index in [4.69, 9.17) is 4.74 Å². The Morgan fingerprint density at radius 3 is 3.13 bits per heavy atom. The molecule has 3 nitrogen and oxygen atoms in total. The molecule has 15 heavy (non-hydrogen) atoms. The smallest absolute Gasteiger partial charge is 0.165 e. The summed E-state index contributed by atoms with van der Waals surface area (Å²) in [5.41, 5.74) is 0.969. The summed E-state index contributed by atoms with van der Waals surface area (Å²) in [6, 6.07) is 3.78. The Labute approximate surface area is 89.5 Å². The predicted octanol–water partition coefficient (Wildman–Crippen LogP) is 1.76. The third-order valence-electron chi connectivity index (χ3n) is 2.64. The van der Waals surface area contributed by atoms with E-state index in [-0.39, 0.29) is 11.9 Å². The number of Topliss-reactive ketones (excluding diaryl/α,β-unsaturated/α-hetero) is 1. The average molecular weight is 205 g/mol. The van der Waals surface area contributed by atoms with Crippen LogP contribution in [0, 0.1) is 0 Å². The third-order valence-corrected chi connectivity index (χ3v) is 2.64. The van der Waals surface area contributed by atoms with E-state index in [1.165, 1.54) is 0 Å². The minimum absolute atomic E-state index is 0.182. The van der Waals surface area contributed by atoms with Crippen molar-refractivity contribution in [3.05, 3.63) is 30.1 Å². The first-order valence-corrected chi connectivity index (χ1v) is 5.39. The molecule has 1 aliphatic heterocycles. The van der Waals surface area contributed by atoms with Crippen LogP contribution in [0.5, 0.6) is 0 Å². The van der Waals surface area contributed by atoms with Crippen molar-refractivity contribution in [2.45, 2.75) is 31.8 Å². The highest BCUT2D eigenvalue weighted by Gasteiger charge is 2.21. The number of ether oxygens (including phenoxy) is 1. The van der Waals surface area contributed by atoms with E-state index in [0.29, 0.717) is 6.42 Å². The minimum atomic E-state index is -0.182. The van der Waals surface area contributed by atoms with Crippen LogP contribution in [0.2, 0.25) is 0 Å². The second-order valence-corrected chi connectivity index (χ2v) is 3.86. The predicted molar refractivity (Wildman–Crippen MR) is 56.5 cm³/mol. The zero-order chi connectivity index (χ0) is 10.5. The minimum Gasteiger partial charge on any atom is -0.370 e. The first kappa shape index (κ1) is 10.3. The number of hydrogen-bond donors (Lipinski definition) is 0. The van der Waals surface area contributed by atoms with Gasteiger partial charge in [-0.05, 0) is 30.9 Å². The van der Waals surface area contributed by atoms with Crippen molar-refractivity contribution in [2.24, 2.45) is 0 Å². The van der Waals surface area contributed by atoms with Crippen molar-refractivity contribution < 1.29 is 9.53 Å². The molecular formula is C12H15NO2. The molecular weight excluding hydrogens is 190 g/mol. The summed E-state index contributed by atoms with van der Waals surface area (Å²) < 4.78 is 5.44. The summed E-state index contributed by atoms with van der Waals surface area (Å²) >= 11 is 0. The van der Waals surface area contributed by atoms with Crippen LogP contribution in [0.15, 0.2) is 24.5 Å². The molecule has 1 fully saturated rings. The van der Waals surface area contributed by atoms with Crippen LogP contribution >= 0.6 is 0 Å². The molecule has 80 valence electrons. The Kier molecular flexibility index (Phi) is 3.45. The molecule has 1 saturated heterocycles. The average Bonchev–Trinajstić information content (AvgIpc) is 2.31. The van der Waals surface area contributed by atoms with Crippen LogP contribution in [0.25, 0.3) is 0 Å². The Bertz CT molecular complexity index is 318. The number of carbonyl (C=O) groups excluding carboxylic acids is 1. The van der Waals surface area contributed by atoms with Gasteiger partial charge in [-0.2, -0.15) is 0 Å². The van der Waals surface area contributed by atoms with Crippen molar-refractivity contribution >= 4 is 5.78 Å². The lowest BCUT2D eigenvalue weighted by atomic mass is 10.0. The van der Waals surface area contributed by atoms with Gasteiger partial charge in [-0.3, -0.25) is 9.78 Å². The lowest BCUT2D eigenvalue weighted by Crippen LogP contribution is -2.29. The van der Waals surface area contributed by atoms with Gasteiger partial charge in [0.2, 0.25) is 0 Å².